The zero-order chi connectivity index (χ0) is 25.1. The van der Waals surface area contributed by atoms with Gasteiger partial charge in [0, 0.05) is 23.7 Å². The number of para-hydroxylation sites is 1. The van der Waals surface area contributed by atoms with Crippen molar-refractivity contribution >= 4 is 52.0 Å². The predicted octanol–water partition coefficient (Wildman–Crippen LogP) is 2.74. The lowest BCUT2D eigenvalue weighted by Crippen LogP contribution is -2.41. The van der Waals surface area contributed by atoms with Crippen LogP contribution in [0.5, 0.6) is 0 Å². The number of anilines is 1. The molecule has 3 amide bonds. The number of aliphatic imine (C=N–C) groups is 2. The van der Waals surface area contributed by atoms with E-state index in [1.54, 1.807) is 24.5 Å². The van der Waals surface area contributed by atoms with Crippen molar-refractivity contribution in [2.45, 2.75) is 32.4 Å². The first-order valence-corrected chi connectivity index (χ1v) is 12.3. The second kappa shape index (κ2) is 10.2. The van der Waals surface area contributed by atoms with Crippen LogP contribution in [-0.2, 0) is 20.9 Å². The summed E-state index contributed by atoms with van der Waals surface area (Å²) in [4.78, 5) is 48.8. The number of hydrogen-bond donors (Lipinski definition) is 3. The van der Waals surface area contributed by atoms with Gasteiger partial charge in [-0.3, -0.25) is 24.5 Å². The van der Waals surface area contributed by atoms with Crippen molar-refractivity contribution in [3.8, 4) is 0 Å². The molecule has 36 heavy (non-hydrogen) atoms. The Morgan fingerprint density at radius 1 is 1.19 bits per heavy atom. The van der Waals surface area contributed by atoms with E-state index in [1.165, 1.54) is 4.90 Å². The van der Waals surface area contributed by atoms with Gasteiger partial charge < -0.3 is 15.1 Å². The Bertz CT molecular complexity index is 1360. The van der Waals surface area contributed by atoms with Crippen LogP contribution < -0.4 is 10.6 Å². The van der Waals surface area contributed by atoms with Crippen molar-refractivity contribution in [1.29, 1.82) is 0 Å². The number of amidine groups is 2. The van der Waals surface area contributed by atoms with E-state index in [4.69, 9.17) is 4.42 Å². The Morgan fingerprint density at radius 2 is 2.06 bits per heavy atom. The summed E-state index contributed by atoms with van der Waals surface area (Å²) in [5.41, 5.74) is 2.23. The van der Waals surface area contributed by atoms with E-state index < -0.39 is 6.04 Å². The molecule has 2 aliphatic heterocycles. The number of carbonyl (C=O) groups excluding carboxylic acids is 3. The molecule has 1 atom stereocenters. The van der Waals surface area contributed by atoms with Crippen molar-refractivity contribution in [2.24, 2.45) is 9.98 Å². The maximum absolute atomic E-state index is 13.3. The average Bonchev–Trinajstić information content (AvgIpc) is 3.61. The first-order chi connectivity index (χ1) is 17.5. The Morgan fingerprint density at radius 3 is 2.83 bits per heavy atom. The number of aromatic nitrogens is 2. The van der Waals surface area contributed by atoms with Gasteiger partial charge in [0.15, 0.2) is 11.0 Å². The number of aryl methyl sites for hydroxylation is 1. The van der Waals surface area contributed by atoms with Crippen LogP contribution in [0.4, 0.5) is 11.5 Å². The third kappa shape index (κ3) is 5.08. The number of benzene rings is 1. The average molecular weight is 506 g/mol. The number of H-pyrrole nitrogens is 1. The second-order valence-corrected chi connectivity index (χ2v) is 9.16. The molecule has 0 aliphatic carbocycles. The summed E-state index contributed by atoms with van der Waals surface area (Å²) in [5.74, 6) is 0.855. The molecular weight excluding hydrogens is 482 g/mol. The molecular formula is C24H23N7O4S. The molecule has 2 aromatic heterocycles. The monoisotopic (exact) mass is 505 g/mol. The molecule has 0 saturated carbocycles. The number of rotatable bonds is 8. The van der Waals surface area contributed by atoms with E-state index in [9.17, 15) is 14.4 Å². The minimum absolute atomic E-state index is 0.0316. The van der Waals surface area contributed by atoms with Crippen molar-refractivity contribution in [1.82, 2.24) is 20.4 Å². The topological polar surface area (TPSA) is 145 Å². The molecule has 1 aromatic carbocycles. The number of carbonyl (C=O) groups is 3. The highest BCUT2D eigenvalue weighted by atomic mass is 32.2. The van der Waals surface area contributed by atoms with Gasteiger partial charge in [0.05, 0.1) is 24.2 Å². The number of aromatic amines is 1. The van der Waals surface area contributed by atoms with Crippen LogP contribution in [-0.4, -0.2) is 55.6 Å². The molecule has 3 aromatic rings. The smallest absolute Gasteiger partial charge is 0.259 e. The number of amides is 3. The quantitative estimate of drug-likeness (QED) is 0.429. The van der Waals surface area contributed by atoms with E-state index in [0.29, 0.717) is 28.3 Å². The summed E-state index contributed by atoms with van der Waals surface area (Å²) in [7, 11) is 0. The third-order valence-corrected chi connectivity index (χ3v) is 6.48. The minimum atomic E-state index is -0.716. The number of nitrogens with one attached hydrogen (secondary N) is 3. The fraction of sp³-hybridized carbons (Fsp3) is 0.250. The molecule has 11 nitrogen and oxygen atoms in total. The second-order valence-electron chi connectivity index (χ2n) is 8.22. The normalized spacial score (nSPS) is 16.2. The van der Waals surface area contributed by atoms with Crippen LogP contribution in [0.3, 0.4) is 0 Å². The molecule has 5 rings (SSSR count). The van der Waals surface area contributed by atoms with Crippen LogP contribution in [0.2, 0.25) is 0 Å². The molecule has 0 saturated heterocycles. The van der Waals surface area contributed by atoms with Crippen molar-refractivity contribution in [2.75, 3.05) is 11.1 Å². The molecule has 2 aliphatic rings. The summed E-state index contributed by atoms with van der Waals surface area (Å²) in [6.45, 7) is 2.12. The van der Waals surface area contributed by atoms with Crippen molar-refractivity contribution in [3.63, 3.8) is 0 Å². The molecule has 0 radical (unpaired) electrons. The van der Waals surface area contributed by atoms with Crippen LogP contribution in [0, 0.1) is 6.92 Å². The number of thioether (sulfide) groups is 1. The Kier molecular flexibility index (Phi) is 6.67. The molecule has 0 spiro atoms. The van der Waals surface area contributed by atoms with Crippen LogP contribution in [0.25, 0.3) is 0 Å². The van der Waals surface area contributed by atoms with E-state index >= 15 is 0 Å². The molecule has 1 unspecified atom stereocenters. The lowest BCUT2D eigenvalue weighted by Gasteiger charge is -2.25. The Labute approximate surface area is 210 Å². The standard InChI is InChI=1S/C24H23N7O4S/c1-14-11-19(30-29-14)28-21(33)13-36-24-27-17-7-3-2-6-16(17)22-26-18(23(34)31(22)24)8-9-20(32)25-12-15-5-4-10-35-15/h2-7,10-11,18H,8-9,12-13H2,1H3,(H,25,32)(H2,28,29,30,33). The molecule has 0 bridgehead atoms. The first kappa shape index (κ1) is 23.5. The van der Waals surface area contributed by atoms with Crippen LogP contribution >= 0.6 is 11.8 Å². The predicted molar refractivity (Wildman–Crippen MR) is 135 cm³/mol. The van der Waals surface area contributed by atoms with Crippen molar-refractivity contribution < 1.29 is 18.8 Å². The maximum Gasteiger partial charge on any atom is 0.259 e. The lowest BCUT2D eigenvalue weighted by atomic mass is 10.1. The van der Waals surface area contributed by atoms with Gasteiger partial charge in [-0.1, -0.05) is 23.9 Å². The summed E-state index contributed by atoms with van der Waals surface area (Å²) in [5, 5.41) is 12.6. The molecule has 4 heterocycles. The highest BCUT2D eigenvalue weighted by Crippen LogP contribution is 2.34. The van der Waals surface area contributed by atoms with Gasteiger partial charge in [0.25, 0.3) is 5.91 Å². The van der Waals surface area contributed by atoms with Gasteiger partial charge in [-0.15, -0.1) is 0 Å². The number of nitrogens with zero attached hydrogens (tertiary/aromatic N) is 4. The fourth-order valence-electron chi connectivity index (χ4n) is 3.83. The summed E-state index contributed by atoms with van der Waals surface area (Å²) in [6.07, 6.45) is 1.93. The highest BCUT2D eigenvalue weighted by Gasteiger charge is 2.41. The SMILES string of the molecule is Cc1cc(NC(=O)CSC2=Nc3ccccc3C3=NC(CCC(=O)NCc4ccco4)C(=O)N23)n[nH]1. The maximum atomic E-state index is 13.3. The van der Waals surface area contributed by atoms with E-state index in [0.717, 1.165) is 23.0 Å². The zero-order valence-electron chi connectivity index (χ0n) is 19.4. The van der Waals surface area contributed by atoms with Crippen LogP contribution in [0.1, 0.15) is 29.9 Å². The van der Waals surface area contributed by atoms with Gasteiger partial charge in [-0.05, 0) is 37.6 Å². The fourth-order valence-corrected chi connectivity index (χ4v) is 4.63. The van der Waals surface area contributed by atoms with Crippen LogP contribution in [0.15, 0.2) is 63.1 Å². The largest absolute Gasteiger partial charge is 0.467 e. The molecule has 0 fully saturated rings. The van der Waals surface area contributed by atoms with E-state index in [1.807, 2.05) is 31.2 Å². The lowest BCUT2D eigenvalue weighted by molar-refractivity contribution is -0.125. The van der Waals surface area contributed by atoms with Gasteiger partial charge in [-0.25, -0.2) is 9.89 Å². The number of hydrogen-bond acceptors (Lipinski definition) is 8. The number of furan rings is 1. The van der Waals surface area contributed by atoms with E-state index in [-0.39, 0.29) is 42.9 Å². The van der Waals surface area contributed by atoms with E-state index in [2.05, 4.69) is 30.8 Å². The van der Waals surface area contributed by atoms with Crippen molar-refractivity contribution in [3.05, 3.63) is 65.7 Å². The number of fused-ring (bicyclic) bond motifs is 3. The third-order valence-electron chi connectivity index (χ3n) is 5.54. The Hall–Kier alpha value is -4.19. The summed E-state index contributed by atoms with van der Waals surface area (Å²) in [6, 6.07) is 11.9. The highest BCUT2D eigenvalue weighted by molar-refractivity contribution is 8.14. The molecule has 12 heteroatoms. The van der Waals surface area contributed by atoms with Gasteiger partial charge in [0.2, 0.25) is 11.8 Å². The molecule has 3 N–H and O–H groups in total. The zero-order valence-corrected chi connectivity index (χ0v) is 20.2. The summed E-state index contributed by atoms with van der Waals surface area (Å²) >= 11 is 1.14. The summed E-state index contributed by atoms with van der Waals surface area (Å²) < 4.78 is 5.22. The van der Waals surface area contributed by atoms with Gasteiger partial charge in [-0.2, -0.15) is 5.10 Å². The molecule has 184 valence electrons. The Balaban J connectivity index is 1.25. The minimum Gasteiger partial charge on any atom is -0.467 e. The first-order valence-electron chi connectivity index (χ1n) is 11.3. The van der Waals surface area contributed by atoms with Gasteiger partial charge in [0.1, 0.15) is 17.6 Å². The van der Waals surface area contributed by atoms with Gasteiger partial charge >= 0.3 is 0 Å².